The maximum absolute atomic E-state index is 5.62. The van der Waals surface area contributed by atoms with E-state index in [-0.39, 0.29) is 0 Å². The molecule has 0 saturated heterocycles. The second-order valence-electron chi connectivity index (χ2n) is 3.80. The van der Waals surface area contributed by atoms with Crippen LogP contribution in [-0.4, -0.2) is 21.5 Å². The van der Waals surface area contributed by atoms with Crippen LogP contribution in [-0.2, 0) is 6.42 Å². The number of aromatic nitrogens is 2. The highest BCUT2D eigenvalue weighted by Gasteiger charge is 2.04. The third-order valence-corrected chi connectivity index (χ3v) is 2.69. The highest BCUT2D eigenvalue weighted by Crippen LogP contribution is 2.11. The summed E-state index contributed by atoms with van der Waals surface area (Å²) >= 11 is 4.96. The first-order valence-corrected chi connectivity index (χ1v) is 6.06. The molecule has 18 heavy (non-hydrogen) atoms. The molecule has 0 atom stereocenters. The zero-order valence-corrected chi connectivity index (χ0v) is 10.7. The molecule has 0 aliphatic rings. The van der Waals surface area contributed by atoms with Crippen LogP contribution in [0.2, 0.25) is 0 Å². The second kappa shape index (κ2) is 6.07. The van der Waals surface area contributed by atoms with E-state index in [1.807, 2.05) is 30.5 Å². The first kappa shape index (κ1) is 12.4. The number of rotatable bonds is 5. The zero-order valence-electron chi connectivity index (χ0n) is 9.84. The molecule has 2 aromatic rings. The van der Waals surface area contributed by atoms with Gasteiger partial charge in [-0.1, -0.05) is 18.3 Å². The minimum Gasteiger partial charge on any atom is -0.388 e. The number of anilines is 1. The van der Waals surface area contributed by atoms with Gasteiger partial charge in [-0.2, -0.15) is 0 Å². The Kier molecular flexibility index (Phi) is 4.20. The largest absolute Gasteiger partial charge is 0.388 e. The number of nitrogens with one attached hydrogen (secondary N) is 1. The van der Waals surface area contributed by atoms with Gasteiger partial charge in [0.15, 0.2) is 0 Å². The lowest BCUT2D eigenvalue weighted by Crippen LogP contribution is -2.16. The Labute approximate surface area is 111 Å². The summed E-state index contributed by atoms with van der Waals surface area (Å²) in [5.74, 6) is 0. The van der Waals surface area contributed by atoms with Crippen LogP contribution in [0.4, 0.5) is 5.69 Å². The van der Waals surface area contributed by atoms with Gasteiger partial charge in [0, 0.05) is 25.1 Å². The van der Waals surface area contributed by atoms with Crippen molar-refractivity contribution >= 4 is 22.9 Å². The maximum Gasteiger partial charge on any atom is 0.124 e. The van der Waals surface area contributed by atoms with E-state index < -0.39 is 0 Å². The summed E-state index contributed by atoms with van der Waals surface area (Å²) in [4.78, 5) is 8.54. The fourth-order valence-electron chi connectivity index (χ4n) is 1.63. The van der Waals surface area contributed by atoms with Crippen LogP contribution in [0.3, 0.4) is 0 Å². The maximum atomic E-state index is 5.62. The third-order valence-electron chi connectivity index (χ3n) is 2.49. The average molecular weight is 258 g/mol. The summed E-state index contributed by atoms with van der Waals surface area (Å²) in [6, 6.07) is 7.76. The van der Waals surface area contributed by atoms with Gasteiger partial charge in [0.05, 0.1) is 5.69 Å². The van der Waals surface area contributed by atoms with Crippen molar-refractivity contribution in [3.05, 3.63) is 54.1 Å². The number of nitrogens with zero attached hydrogens (tertiary/aromatic N) is 2. The van der Waals surface area contributed by atoms with Gasteiger partial charge >= 0.3 is 0 Å². The van der Waals surface area contributed by atoms with Crippen molar-refractivity contribution in [2.75, 3.05) is 11.9 Å². The Bertz CT molecular complexity index is 528. The molecular weight excluding hydrogens is 244 g/mol. The first-order valence-electron chi connectivity index (χ1n) is 5.65. The molecule has 0 saturated carbocycles. The molecule has 0 aromatic carbocycles. The molecular formula is C13H14N4S. The highest BCUT2D eigenvalue weighted by molar-refractivity contribution is 7.80. The van der Waals surface area contributed by atoms with Gasteiger partial charge in [-0.05, 0) is 30.2 Å². The van der Waals surface area contributed by atoms with Gasteiger partial charge in [0.1, 0.15) is 10.7 Å². The molecule has 92 valence electrons. The monoisotopic (exact) mass is 258 g/mol. The molecule has 0 fully saturated rings. The summed E-state index contributed by atoms with van der Waals surface area (Å²) < 4.78 is 0. The Morgan fingerprint density at radius 2 is 2.11 bits per heavy atom. The quantitative estimate of drug-likeness (QED) is 0.800. The van der Waals surface area contributed by atoms with E-state index >= 15 is 0 Å². The summed E-state index contributed by atoms with van der Waals surface area (Å²) in [5, 5.41) is 3.29. The van der Waals surface area contributed by atoms with E-state index in [1.54, 1.807) is 12.4 Å². The summed E-state index contributed by atoms with van der Waals surface area (Å²) in [6.07, 6.45) is 6.20. The van der Waals surface area contributed by atoms with Crippen LogP contribution in [0.15, 0.2) is 42.9 Å². The topological polar surface area (TPSA) is 63.8 Å². The number of hydrogen-bond donors (Lipinski definition) is 2. The summed E-state index contributed by atoms with van der Waals surface area (Å²) in [5.41, 5.74) is 8.31. The van der Waals surface area contributed by atoms with Crippen molar-refractivity contribution in [2.45, 2.75) is 6.42 Å². The Morgan fingerprint density at radius 3 is 2.83 bits per heavy atom. The lowest BCUT2D eigenvalue weighted by atomic mass is 10.2. The summed E-state index contributed by atoms with van der Waals surface area (Å²) in [6.45, 7) is 0.785. The molecule has 0 aliphatic heterocycles. The van der Waals surface area contributed by atoms with Gasteiger partial charge in [-0.15, -0.1) is 0 Å². The standard InChI is InChI=1S/C13H14N4S/c14-13(18)12-11(4-2-7-17-12)16-8-5-10-3-1-6-15-9-10/h1-4,6-7,9,16H,5,8H2,(H2,14,18). The van der Waals surface area contributed by atoms with Crippen molar-refractivity contribution in [1.82, 2.24) is 9.97 Å². The SMILES string of the molecule is NC(=S)c1ncccc1NCCc1cccnc1. The number of nitrogens with two attached hydrogens (primary N) is 1. The fraction of sp³-hybridized carbons (Fsp3) is 0.154. The van der Waals surface area contributed by atoms with E-state index in [2.05, 4.69) is 15.3 Å². The first-order chi connectivity index (χ1) is 8.77. The molecule has 3 N–H and O–H groups in total. The van der Waals surface area contributed by atoms with Crippen LogP contribution in [0.25, 0.3) is 0 Å². The predicted molar refractivity (Wildman–Crippen MR) is 76.6 cm³/mol. The molecule has 0 aliphatic carbocycles. The van der Waals surface area contributed by atoms with Crippen LogP contribution in [0.5, 0.6) is 0 Å². The molecule has 0 bridgehead atoms. The zero-order chi connectivity index (χ0) is 12.8. The number of pyridine rings is 2. The van der Waals surface area contributed by atoms with Crippen molar-refractivity contribution in [3.8, 4) is 0 Å². The summed E-state index contributed by atoms with van der Waals surface area (Å²) in [7, 11) is 0. The van der Waals surface area contributed by atoms with E-state index in [9.17, 15) is 0 Å². The Balaban J connectivity index is 1.97. The molecule has 0 unspecified atom stereocenters. The lowest BCUT2D eigenvalue weighted by Gasteiger charge is -2.09. The van der Waals surface area contributed by atoms with E-state index in [4.69, 9.17) is 18.0 Å². The Morgan fingerprint density at radius 1 is 1.28 bits per heavy atom. The lowest BCUT2D eigenvalue weighted by molar-refractivity contribution is 1.00. The molecule has 2 aromatic heterocycles. The minimum atomic E-state index is 0.305. The predicted octanol–water partition coefficient (Wildman–Crippen LogP) is 1.77. The van der Waals surface area contributed by atoms with Gasteiger partial charge in [0.25, 0.3) is 0 Å². The molecule has 0 spiro atoms. The average Bonchev–Trinajstić information content (AvgIpc) is 2.40. The fourth-order valence-corrected chi connectivity index (χ4v) is 1.79. The minimum absolute atomic E-state index is 0.305. The van der Waals surface area contributed by atoms with Crippen LogP contribution in [0, 0.1) is 0 Å². The van der Waals surface area contributed by atoms with E-state index in [1.165, 1.54) is 5.56 Å². The van der Waals surface area contributed by atoms with Gasteiger partial charge < -0.3 is 11.1 Å². The number of thiocarbonyl (C=S) groups is 1. The van der Waals surface area contributed by atoms with E-state index in [0.717, 1.165) is 18.7 Å². The van der Waals surface area contributed by atoms with Crippen molar-refractivity contribution in [1.29, 1.82) is 0 Å². The van der Waals surface area contributed by atoms with Gasteiger partial charge in [-0.3, -0.25) is 9.97 Å². The smallest absolute Gasteiger partial charge is 0.124 e. The molecule has 4 nitrogen and oxygen atoms in total. The van der Waals surface area contributed by atoms with Crippen molar-refractivity contribution in [3.63, 3.8) is 0 Å². The van der Waals surface area contributed by atoms with Crippen LogP contribution < -0.4 is 11.1 Å². The van der Waals surface area contributed by atoms with Crippen LogP contribution >= 0.6 is 12.2 Å². The highest BCUT2D eigenvalue weighted by atomic mass is 32.1. The third kappa shape index (κ3) is 3.24. The van der Waals surface area contributed by atoms with Gasteiger partial charge in [-0.25, -0.2) is 0 Å². The van der Waals surface area contributed by atoms with Crippen molar-refractivity contribution < 1.29 is 0 Å². The molecule has 0 radical (unpaired) electrons. The molecule has 0 amide bonds. The molecule has 5 heteroatoms. The number of hydrogen-bond acceptors (Lipinski definition) is 4. The van der Waals surface area contributed by atoms with Crippen molar-refractivity contribution in [2.24, 2.45) is 5.73 Å². The van der Waals surface area contributed by atoms with Gasteiger partial charge in [0.2, 0.25) is 0 Å². The molecule has 2 rings (SSSR count). The normalized spacial score (nSPS) is 10.0. The van der Waals surface area contributed by atoms with E-state index in [0.29, 0.717) is 10.7 Å². The second-order valence-corrected chi connectivity index (χ2v) is 4.24. The molecule has 2 heterocycles. The van der Waals surface area contributed by atoms with Crippen LogP contribution in [0.1, 0.15) is 11.3 Å². The Hall–Kier alpha value is -2.01.